The highest BCUT2D eigenvalue weighted by Gasteiger charge is 2.38. The summed E-state index contributed by atoms with van der Waals surface area (Å²) >= 11 is 1.62. The van der Waals surface area contributed by atoms with Crippen LogP contribution in [0.2, 0.25) is 0 Å². The van der Waals surface area contributed by atoms with Gasteiger partial charge in [0, 0.05) is 49.0 Å². The van der Waals surface area contributed by atoms with Gasteiger partial charge in [-0.2, -0.15) is 0 Å². The number of amides is 1. The van der Waals surface area contributed by atoms with Crippen molar-refractivity contribution in [1.29, 1.82) is 0 Å². The first-order valence-corrected chi connectivity index (χ1v) is 16.8. The van der Waals surface area contributed by atoms with Gasteiger partial charge in [0.05, 0.1) is 16.3 Å². The Hall–Kier alpha value is -3.82. The lowest BCUT2D eigenvalue weighted by molar-refractivity contribution is 0.0984. The van der Waals surface area contributed by atoms with Crippen molar-refractivity contribution in [3.8, 4) is 11.3 Å². The molecule has 234 valence electrons. The van der Waals surface area contributed by atoms with Crippen LogP contribution in [0, 0.1) is 11.2 Å². The molecule has 4 aromatic rings. The number of fused-ring (bicyclic) bond motifs is 4. The number of aryl methyl sites for hydroxylation is 1. The Kier molecular flexibility index (Phi) is 7.44. The van der Waals surface area contributed by atoms with E-state index in [2.05, 4.69) is 43.1 Å². The van der Waals surface area contributed by atoms with E-state index < -0.39 is 5.82 Å². The molecule has 2 aliphatic heterocycles. The zero-order valence-corrected chi connectivity index (χ0v) is 27.5. The van der Waals surface area contributed by atoms with Crippen molar-refractivity contribution in [3.05, 3.63) is 90.3 Å². The Morgan fingerprint density at radius 3 is 2.62 bits per heavy atom. The molecule has 7 rings (SSSR count). The summed E-state index contributed by atoms with van der Waals surface area (Å²) in [5.41, 5.74) is 8.39. The third-order valence-corrected chi connectivity index (χ3v) is 11.0. The molecule has 0 bridgehead atoms. The highest BCUT2D eigenvalue weighted by molar-refractivity contribution is 7.14. The second-order valence-electron chi connectivity index (χ2n) is 13.5. The first-order chi connectivity index (χ1) is 21.5. The summed E-state index contributed by atoms with van der Waals surface area (Å²) in [5, 5.41) is 3.26. The molecule has 45 heavy (non-hydrogen) atoms. The van der Waals surface area contributed by atoms with Gasteiger partial charge in [0.15, 0.2) is 5.82 Å². The Balaban J connectivity index is 1.23. The number of thiophene rings is 1. The van der Waals surface area contributed by atoms with E-state index in [0.717, 1.165) is 61.4 Å². The molecule has 0 atom stereocenters. The van der Waals surface area contributed by atoms with Crippen LogP contribution < -0.4 is 15.8 Å². The molecular formula is C36H40FN5O2S. The number of benzene rings is 2. The number of rotatable bonds is 6. The number of nitrogens with one attached hydrogen (secondary N) is 1. The van der Waals surface area contributed by atoms with Crippen LogP contribution in [0.5, 0.6) is 0 Å². The van der Waals surface area contributed by atoms with Crippen molar-refractivity contribution >= 4 is 34.4 Å². The van der Waals surface area contributed by atoms with Gasteiger partial charge in [-0.05, 0) is 96.1 Å². The average Bonchev–Trinajstić information content (AvgIpc) is 3.51. The van der Waals surface area contributed by atoms with Crippen LogP contribution in [0.25, 0.3) is 11.3 Å². The third-order valence-electron chi connectivity index (χ3n) is 9.71. The number of hydrogen-bond acceptors (Lipinski definition) is 6. The number of aromatic nitrogens is 2. The summed E-state index contributed by atoms with van der Waals surface area (Å²) in [7, 11) is 1.68. The molecule has 1 amide bonds. The Morgan fingerprint density at radius 2 is 1.84 bits per heavy atom. The van der Waals surface area contributed by atoms with E-state index in [1.54, 1.807) is 29.5 Å². The maximum Gasteiger partial charge on any atom is 0.293 e. The van der Waals surface area contributed by atoms with Crippen molar-refractivity contribution in [2.75, 3.05) is 29.9 Å². The van der Waals surface area contributed by atoms with E-state index in [1.807, 2.05) is 13.0 Å². The maximum atomic E-state index is 15.4. The summed E-state index contributed by atoms with van der Waals surface area (Å²) in [6.45, 7) is 12.2. The van der Waals surface area contributed by atoms with Gasteiger partial charge >= 0.3 is 0 Å². The smallest absolute Gasteiger partial charge is 0.293 e. The summed E-state index contributed by atoms with van der Waals surface area (Å²) < 4.78 is 16.9. The summed E-state index contributed by atoms with van der Waals surface area (Å²) in [6, 6.07) is 9.15. The van der Waals surface area contributed by atoms with Gasteiger partial charge in [-0.1, -0.05) is 33.8 Å². The molecule has 0 unspecified atom stereocenters. The van der Waals surface area contributed by atoms with E-state index >= 15 is 4.39 Å². The predicted molar refractivity (Wildman–Crippen MR) is 180 cm³/mol. The standard InChI is InChI=1S/C36H40FN5O2S/c1-6-25-27(15-23(37)16-30(25)42-13-11-26-28-17-36(3,4)18-31(28)45-32(26)34(42)43)29-20-40(5)35(44)33(39-29)38-24-9-8-22-19-41(7-2)12-10-21(22)14-24/h8-9,14-16,20H,6-7,10-13,17-19H2,1-5H3,(H,38,39). The van der Waals surface area contributed by atoms with E-state index in [4.69, 9.17) is 4.98 Å². The monoisotopic (exact) mass is 625 g/mol. The minimum atomic E-state index is -0.438. The SMILES string of the molecule is CCc1c(-c2cn(C)c(=O)c(Nc3ccc4c(c3)CCN(CC)C4)n2)cc(F)cc1N1CCc2c(sc3c2CC(C)(C)C3)C1=O. The second kappa shape index (κ2) is 11.2. The topological polar surface area (TPSA) is 70.5 Å². The molecule has 1 aliphatic carbocycles. The van der Waals surface area contributed by atoms with Crippen LogP contribution in [0.3, 0.4) is 0 Å². The molecule has 9 heteroatoms. The summed E-state index contributed by atoms with van der Waals surface area (Å²) in [5.74, 6) is -0.305. The normalized spacial score (nSPS) is 17.3. The fourth-order valence-electron chi connectivity index (χ4n) is 7.37. The third kappa shape index (κ3) is 5.29. The highest BCUT2D eigenvalue weighted by Crippen LogP contribution is 2.46. The molecule has 7 nitrogen and oxygen atoms in total. The first kappa shape index (κ1) is 29.9. The van der Waals surface area contributed by atoms with Crippen LogP contribution >= 0.6 is 11.3 Å². The van der Waals surface area contributed by atoms with E-state index in [1.165, 1.54) is 43.8 Å². The molecule has 0 saturated carbocycles. The van der Waals surface area contributed by atoms with E-state index in [-0.39, 0.29) is 22.7 Å². The number of hydrogen-bond donors (Lipinski definition) is 1. The van der Waals surface area contributed by atoms with E-state index in [0.29, 0.717) is 29.9 Å². The van der Waals surface area contributed by atoms with Crippen molar-refractivity contribution in [1.82, 2.24) is 14.5 Å². The molecule has 1 N–H and O–H groups in total. The van der Waals surface area contributed by atoms with Crippen molar-refractivity contribution in [3.63, 3.8) is 0 Å². The zero-order valence-electron chi connectivity index (χ0n) is 26.7. The van der Waals surface area contributed by atoms with Crippen LogP contribution in [-0.2, 0) is 45.7 Å². The van der Waals surface area contributed by atoms with Gasteiger partial charge < -0.3 is 14.8 Å². The minimum Gasteiger partial charge on any atom is -0.336 e. The Labute approximate surface area is 267 Å². The predicted octanol–water partition coefficient (Wildman–Crippen LogP) is 6.66. The molecular weight excluding hydrogens is 585 g/mol. The van der Waals surface area contributed by atoms with Crippen molar-refractivity contribution < 1.29 is 9.18 Å². The van der Waals surface area contributed by atoms with Gasteiger partial charge in [0.25, 0.3) is 11.5 Å². The van der Waals surface area contributed by atoms with Crippen LogP contribution in [-0.4, -0.2) is 40.0 Å². The van der Waals surface area contributed by atoms with E-state index in [9.17, 15) is 9.59 Å². The van der Waals surface area contributed by atoms with Crippen molar-refractivity contribution in [2.24, 2.45) is 12.5 Å². The molecule has 0 saturated heterocycles. The number of nitrogens with zero attached hydrogens (tertiary/aromatic N) is 4. The van der Waals surface area contributed by atoms with Crippen LogP contribution in [0.15, 0.2) is 41.3 Å². The van der Waals surface area contributed by atoms with Crippen LogP contribution in [0.4, 0.5) is 21.6 Å². The Bertz CT molecular complexity index is 1910. The minimum absolute atomic E-state index is 0.0510. The first-order valence-electron chi connectivity index (χ1n) is 16.0. The number of carbonyl (C=O) groups is 1. The molecule has 2 aromatic heterocycles. The van der Waals surface area contributed by atoms with Gasteiger partial charge in [-0.3, -0.25) is 14.5 Å². The van der Waals surface area contributed by atoms with Gasteiger partial charge in [0.1, 0.15) is 5.82 Å². The number of halogens is 1. The highest BCUT2D eigenvalue weighted by atomic mass is 32.1. The molecule has 3 aliphatic rings. The summed E-state index contributed by atoms with van der Waals surface area (Å²) in [6.07, 6.45) is 5.95. The lowest BCUT2D eigenvalue weighted by atomic mass is 9.89. The zero-order chi connectivity index (χ0) is 31.6. The lowest BCUT2D eigenvalue weighted by Gasteiger charge is -2.30. The average molecular weight is 626 g/mol. The molecule has 0 fully saturated rings. The van der Waals surface area contributed by atoms with Crippen LogP contribution in [0.1, 0.15) is 70.1 Å². The fourth-order valence-corrected chi connectivity index (χ4v) is 8.94. The fraction of sp³-hybridized carbons (Fsp3) is 0.417. The number of anilines is 3. The molecule has 4 heterocycles. The maximum absolute atomic E-state index is 15.4. The number of carbonyl (C=O) groups excluding carboxylic acids is 1. The lowest BCUT2D eigenvalue weighted by Crippen LogP contribution is -2.38. The van der Waals surface area contributed by atoms with Gasteiger partial charge in [-0.15, -0.1) is 11.3 Å². The summed E-state index contributed by atoms with van der Waals surface area (Å²) in [4.78, 5) is 38.2. The molecule has 0 spiro atoms. The molecule has 0 radical (unpaired) electrons. The Morgan fingerprint density at radius 1 is 1.02 bits per heavy atom. The molecule has 2 aromatic carbocycles. The van der Waals surface area contributed by atoms with Gasteiger partial charge in [0.2, 0.25) is 0 Å². The van der Waals surface area contributed by atoms with Gasteiger partial charge in [-0.25, -0.2) is 9.37 Å². The second-order valence-corrected chi connectivity index (χ2v) is 14.6. The van der Waals surface area contributed by atoms with Crippen molar-refractivity contribution in [2.45, 2.75) is 66.3 Å². The number of likely N-dealkylation sites (N-methyl/N-ethyl adjacent to an activating group) is 1. The quantitative estimate of drug-likeness (QED) is 0.260. The largest absolute Gasteiger partial charge is 0.336 e.